The topological polar surface area (TPSA) is 189 Å². The Bertz CT molecular complexity index is 1790. The van der Waals surface area contributed by atoms with E-state index in [0.717, 1.165) is 33.6 Å². The van der Waals surface area contributed by atoms with E-state index >= 15 is 0 Å². The smallest absolute Gasteiger partial charge is 0.318 e. The average molecular weight is 795 g/mol. The molecule has 0 aliphatic rings. The fourth-order valence-corrected chi connectivity index (χ4v) is 6.48. The van der Waals surface area contributed by atoms with Gasteiger partial charge < -0.3 is 41.3 Å². The van der Waals surface area contributed by atoms with Crippen LogP contribution in [0.3, 0.4) is 0 Å². The maximum absolute atomic E-state index is 13.9. The molecule has 310 valence electrons. The van der Waals surface area contributed by atoms with Crippen LogP contribution in [0.5, 0.6) is 0 Å². The maximum atomic E-state index is 13.9. The molecular formula is C44H58N8O6. The van der Waals surface area contributed by atoms with Gasteiger partial charge in [-0.2, -0.15) is 0 Å². The number of carbonyl (C=O) groups is 4. The van der Waals surface area contributed by atoms with Crippen molar-refractivity contribution in [2.75, 3.05) is 14.1 Å². The summed E-state index contributed by atoms with van der Waals surface area (Å²) in [5, 5.41) is 35.2. The summed E-state index contributed by atoms with van der Waals surface area (Å²) in [4.78, 5) is 65.8. The molecular weight excluding hydrogens is 737 g/mol. The highest BCUT2D eigenvalue weighted by molar-refractivity contribution is 5.88. The van der Waals surface area contributed by atoms with Crippen molar-refractivity contribution in [3.8, 4) is 0 Å². The molecule has 2 unspecified atom stereocenters. The van der Waals surface area contributed by atoms with Gasteiger partial charge in [-0.15, -0.1) is 0 Å². The van der Waals surface area contributed by atoms with Gasteiger partial charge in [0.2, 0.25) is 11.8 Å². The molecule has 14 heteroatoms. The van der Waals surface area contributed by atoms with Crippen molar-refractivity contribution in [3.63, 3.8) is 0 Å². The fourth-order valence-electron chi connectivity index (χ4n) is 6.48. The molecule has 0 saturated carbocycles. The Morgan fingerprint density at radius 1 is 0.569 bits per heavy atom. The number of aliphatic hydroxyl groups excluding tert-OH is 2. The number of aryl methyl sites for hydroxylation is 2. The van der Waals surface area contributed by atoms with Crippen LogP contribution in [0.4, 0.5) is 9.59 Å². The third-order valence-electron chi connectivity index (χ3n) is 10.2. The van der Waals surface area contributed by atoms with Crippen LogP contribution in [0, 0.1) is 13.8 Å². The van der Waals surface area contributed by atoms with Gasteiger partial charge in [0, 0.05) is 26.5 Å². The minimum absolute atomic E-state index is 0.135. The second-order valence-corrected chi connectivity index (χ2v) is 14.7. The van der Waals surface area contributed by atoms with Crippen LogP contribution in [0.2, 0.25) is 0 Å². The average Bonchev–Trinajstić information content (AvgIpc) is 3.22. The number of hydrogen-bond donors (Lipinski definition) is 6. The largest absolute Gasteiger partial charge is 0.388 e. The van der Waals surface area contributed by atoms with Crippen LogP contribution in [-0.4, -0.2) is 104 Å². The first-order valence-corrected chi connectivity index (χ1v) is 19.7. The van der Waals surface area contributed by atoms with Gasteiger partial charge in [-0.3, -0.25) is 19.6 Å². The summed E-state index contributed by atoms with van der Waals surface area (Å²) >= 11 is 0. The summed E-state index contributed by atoms with van der Waals surface area (Å²) in [5.74, 6) is -1.10. The number of carbonyl (C=O) groups excluding carboxylic acids is 4. The molecule has 6 atom stereocenters. The van der Waals surface area contributed by atoms with Crippen molar-refractivity contribution in [2.24, 2.45) is 0 Å². The van der Waals surface area contributed by atoms with E-state index in [-0.39, 0.29) is 38.8 Å². The van der Waals surface area contributed by atoms with Crippen molar-refractivity contribution in [2.45, 2.75) is 103 Å². The number of pyridine rings is 2. The van der Waals surface area contributed by atoms with E-state index in [4.69, 9.17) is 0 Å². The first-order valence-electron chi connectivity index (χ1n) is 19.7. The first kappa shape index (κ1) is 44.8. The summed E-state index contributed by atoms with van der Waals surface area (Å²) in [5.41, 5.74) is 4.88. The zero-order chi connectivity index (χ0) is 42.2. The Balaban J connectivity index is 1.52. The molecule has 0 fully saturated rings. The Morgan fingerprint density at radius 3 is 1.26 bits per heavy atom. The number of amides is 6. The van der Waals surface area contributed by atoms with Crippen LogP contribution in [0.25, 0.3) is 0 Å². The third-order valence-corrected chi connectivity index (χ3v) is 10.2. The van der Waals surface area contributed by atoms with Crippen molar-refractivity contribution in [1.29, 1.82) is 0 Å². The van der Waals surface area contributed by atoms with E-state index in [1.54, 1.807) is 40.3 Å². The number of nitrogens with zero attached hydrogens (tertiary/aromatic N) is 4. The number of aliphatic hydroxyl groups is 2. The minimum atomic E-state index is -1.58. The van der Waals surface area contributed by atoms with E-state index in [9.17, 15) is 29.4 Å². The second-order valence-electron chi connectivity index (χ2n) is 14.7. The predicted octanol–water partition coefficient (Wildman–Crippen LogP) is 3.81. The van der Waals surface area contributed by atoms with Gasteiger partial charge in [-0.05, 0) is 73.9 Å². The van der Waals surface area contributed by atoms with Crippen molar-refractivity contribution in [1.82, 2.24) is 41.0 Å². The van der Waals surface area contributed by atoms with E-state index in [1.165, 1.54) is 9.80 Å². The highest BCUT2D eigenvalue weighted by Crippen LogP contribution is 2.17. The molecule has 14 nitrogen and oxygen atoms in total. The SMILES string of the molecule is CCC(NC(=O)N(C)Cc1ncccc1C)C(=O)N[C@@H](Cc1ccccc1)[C@H](O)[C@H](O)[C@H](Cc1ccccc1)NC(=O)C(CC)NC(=O)N(C)Cc1ncccc1C. The van der Waals surface area contributed by atoms with E-state index < -0.39 is 60.3 Å². The number of nitrogens with one attached hydrogen (secondary N) is 4. The molecule has 0 radical (unpaired) electrons. The normalized spacial score (nSPS) is 14.1. The zero-order valence-corrected chi connectivity index (χ0v) is 34.3. The highest BCUT2D eigenvalue weighted by Gasteiger charge is 2.36. The zero-order valence-electron chi connectivity index (χ0n) is 34.3. The monoisotopic (exact) mass is 794 g/mol. The summed E-state index contributed by atoms with van der Waals surface area (Å²) in [7, 11) is 3.23. The van der Waals surface area contributed by atoms with E-state index in [0.29, 0.717) is 0 Å². The number of rotatable bonds is 19. The van der Waals surface area contributed by atoms with Crippen molar-refractivity contribution < 1.29 is 29.4 Å². The summed E-state index contributed by atoms with van der Waals surface area (Å²) in [6.07, 6.45) is 0.920. The molecule has 0 aliphatic heterocycles. The van der Waals surface area contributed by atoms with Gasteiger partial charge in [-0.1, -0.05) is 86.6 Å². The van der Waals surface area contributed by atoms with Gasteiger partial charge in [0.25, 0.3) is 0 Å². The van der Waals surface area contributed by atoms with Gasteiger partial charge in [0.15, 0.2) is 0 Å². The van der Waals surface area contributed by atoms with Crippen LogP contribution in [0.1, 0.15) is 60.3 Å². The molecule has 6 N–H and O–H groups in total. The molecule has 2 aromatic heterocycles. The number of urea groups is 2. The molecule has 2 heterocycles. The molecule has 0 spiro atoms. The van der Waals surface area contributed by atoms with E-state index in [1.807, 2.05) is 98.8 Å². The second kappa shape index (κ2) is 22.2. The molecule has 0 bridgehead atoms. The van der Waals surface area contributed by atoms with E-state index in [2.05, 4.69) is 31.2 Å². The van der Waals surface area contributed by atoms with Crippen LogP contribution in [0.15, 0.2) is 97.3 Å². The first-order chi connectivity index (χ1) is 27.8. The standard InChI is InChI=1S/C44H58N8O6/c1-7-33(49-43(57)51(5)27-37-29(3)17-15-23-45-37)41(55)47-35(25-31-19-11-9-12-20-31)39(53)40(54)36(26-32-21-13-10-14-22-32)48-42(56)34(8-2)50-44(58)52(6)28-38-30(4)18-16-24-46-38/h9-24,33-36,39-40,53-54H,7-8,25-28H2,1-6H3,(H,47,55)(H,48,56)(H,49,57)(H,50,58)/t33?,34?,35-,36-,39-,40+/m0/s1. The summed E-state index contributed by atoms with van der Waals surface area (Å²) in [6.45, 7) is 7.80. The predicted molar refractivity (Wildman–Crippen MR) is 222 cm³/mol. The fraction of sp³-hybridized carbons (Fsp3) is 0.409. The molecule has 58 heavy (non-hydrogen) atoms. The Morgan fingerprint density at radius 2 is 0.931 bits per heavy atom. The molecule has 0 saturated heterocycles. The lowest BCUT2D eigenvalue weighted by atomic mass is 9.90. The number of benzene rings is 2. The molecule has 0 aliphatic carbocycles. The van der Waals surface area contributed by atoms with Crippen molar-refractivity contribution >= 4 is 23.9 Å². The van der Waals surface area contributed by atoms with Crippen LogP contribution in [-0.2, 0) is 35.5 Å². The Kier molecular flexibility index (Phi) is 17.1. The lowest BCUT2D eigenvalue weighted by molar-refractivity contribution is -0.128. The molecule has 4 rings (SSSR count). The highest BCUT2D eigenvalue weighted by atomic mass is 16.3. The van der Waals surface area contributed by atoms with Gasteiger partial charge >= 0.3 is 12.1 Å². The van der Waals surface area contributed by atoms with Crippen LogP contribution >= 0.6 is 0 Å². The minimum Gasteiger partial charge on any atom is -0.388 e. The summed E-state index contributed by atoms with van der Waals surface area (Å²) in [6, 6.07) is 20.9. The van der Waals surface area contributed by atoms with Crippen molar-refractivity contribution in [3.05, 3.63) is 131 Å². The van der Waals surface area contributed by atoms with Gasteiger partial charge in [-0.25, -0.2) is 9.59 Å². The van der Waals surface area contributed by atoms with Gasteiger partial charge in [0.05, 0.1) is 36.6 Å². The quantitative estimate of drug-likeness (QED) is 0.0827. The lowest BCUT2D eigenvalue weighted by Gasteiger charge is -2.34. The lowest BCUT2D eigenvalue weighted by Crippen LogP contribution is -2.61. The maximum Gasteiger partial charge on any atom is 0.318 e. The van der Waals surface area contributed by atoms with Crippen LogP contribution < -0.4 is 21.3 Å². The summed E-state index contributed by atoms with van der Waals surface area (Å²) < 4.78 is 0. The number of aromatic nitrogens is 2. The van der Waals surface area contributed by atoms with Gasteiger partial charge in [0.1, 0.15) is 24.3 Å². The Hall–Kier alpha value is -5.86. The third kappa shape index (κ3) is 13.1. The molecule has 4 aromatic rings. The molecule has 6 amide bonds. The number of hydrogen-bond acceptors (Lipinski definition) is 8. The Labute approximate surface area is 341 Å². The molecule has 2 aromatic carbocycles.